The average molecular weight is 569 g/mol. The summed E-state index contributed by atoms with van der Waals surface area (Å²) in [6.07, 6.45) is 1.54. The van der Waals surface area contributed by atoms with E-state index in [4.69, 9.17) is 9.47 Å². The van der Waals surface area contributed by atoms with E-state index in [0.29, 0.717) is 21.2 Å². The number of benzene rings is 3. The van der Waals surface area contributed by atoms with Crippen molar-refractivity contribution in [2.24, 2.45) is 0 Å². The van der Waals surface area contributed by atoms with Gasteiger partial charge in [0.2, 0.25) is 0 Å². The highest BCUT2D eigenvalue weighted by molar-refractivity contribution is 9.10. The largest absolute Gasteiger partial charge is 0.493 e. The third kappa shape index (κ3) is 5.47. The molecule has 1 aliphatic heterocycles. The highest BCUT2D eigenvalue weighted by atomic mass is 79.9. The van der Waals surface area contributed by atoms with Gasteiger partial charge in [0.15, 0.2) is 11.5 Å². The summed E-state index contributed by atoms with van der Waals surface area (Å²) in [7, 11) is 1.42. The van der Waals surface area contributed by atoms with Crippen LogP contribution in [0.1, 0.15) is 21.5 Å². The molecule has 1 fully saturated rings. The van der Waals surface area contributed by atoms with Gasteiger partial charge in [-0.05, 0) is 69.2 Å². The van der Waals surface area contributed by atoms with Gasteiger partial charge < -0.3 is 9.47 Å². The summed E-state index contributed by atoms with van der Waals surface area (Å²) >= 11 is 4.17. The molecule has 9 nitrogen and oxygen atoms in total. The summed E-state index contributed by atoms with van der Waals surface area (Å²) in [5.74, 6) is -0.618. The van der Waals surface area contributed by atoms with Crippen molar-refractivity contribution in [1.82, 2.24) is 4.90 Å². The highest BCUT2D eigenvalue weighted by Crippen LogP contribution is 2.39. The van der Waals surface area contributed by atoms with E-state index >= 15 is 0 Å². The van der Waals surface area contributed by atoms with Crippen LogP contribution in [0.15, 0.2) is 76.1 Å². The van der Waals surface area contributed by atoms with Crippen LogP contribution < -0.4 is 9.47 Å². The summed E-state index contributed by atoms with van der Waals surface area (Å²) in [5.41, 5.74) is 1.42. The second-order valence-electron chi connectivity index (χ2n) is 7.48. The molecule has 2 amide bonds. The number of esters is 1. The lowest BCUT2D eigenvalue weighted by atomic mass is 10.1. The molecule has 0 atom stereocenters. The zero-order valence-electron chi connectivity index (χ0n) is 18.7. The second kappa shape index (κ2) is 10.8. The Kier molecular flexibility index (Phi) is 7.51. The number of carbonyl (C=O) groups is 3. The van der Waals surface area contributed by atoms with Crippen molar-refractivity contribution in [3.63, 3.8) is 0 Å². The van der Waals surface area contributed by atoms with Crippen molar-refractivity contribution in [3.05, 3.63) is 103 Å². The normalized spacial score (nSPS) is 14.3. The predicted molar refractivity (Wildman–Crippen MR) is 137 cm³/mol. The van der Waals surface area contributed by atoms with Crippen molar-refractivity contribution in [3.8, 4) is 11.5 Å². The standard InChI is InChI=1S/C25H17BrN2O7S/c1-34-20-12-16(11-19(26)22(20)35-24(30)17-5-3-2-4-6-17)13-21-23(29)27(25(31)36-21)14-15-7-9-18(10-8-15)28(32)33/h2-13H,14H2,1H3/b21-13-. The number of thioether (sulfide) groups is 1. The average Bonchev–Trinajstić information content (AvgIpc) is 3.13. The highest BCUT2D eigenvalue weighted by Gasteiger charge is 2.35. The van der Waals surface area contributed by atoms with Gasteiger partial charge >= 0.3 is 5.97 Å². The van der Waals surface area contributed by atoms with E-state index in [-0.39, 0.29) is 28.6 Å². The Morgan fingerprint density at radius 2 is 1.81 bits per heavy atom. The molecule has 4 rings (SSSR count). The summed E-state index contributed by atoms with van der Waals surface area (Å²) < 4.78 is 11.3. The Morgan fingerprint density at radius 1 is 1.11 bits per heavy atom. The van der Waals surface area contributed by atoms with Gasteiger partial charge in [0.05, 0.1) is 33.5 Å². The quantitative estimate of drug-likeness (QED) is 0.115. The van der Waals surface area contributed by atoms with E-state index in [9.17, 15) is 24.5 Å². The number of halogens is 1. The maximum Gasteiger partial charge on any atom is 0.343 e. The summed E-state index contributed by atoms with van der Waals surface area (Å²) in [4.78, 5) is 49.4. The molecule has 0 aliphatic carbocycles. The topological polar surface area (TPSA) is 116 Å². The number of methoxy groups -OCH3 is 1. The van der Waals surface area contributed by atoms with Crippen LogP contribution in [-0.4, -0.2) is 34.0 Å². The van der Waals surface area contributed by atoms with E-state index in [1.165, 1.54) is 37.5 Å². The molecule has 11 heteroatoms. The number of imide groups is 1. The second-order valence-corrected chi connectivity index (χ2v) is 9.33. The van der Waals surface area contributed by atoms with Crippen LogP contribution >= 0.6 is 27.7 Å². The first kappa shape index (κ1) is 25.1. The molecular formula is C25H17BrN2O7S. The lowest BCUT2D eigenvalue weighted by molar-refractivity contribution is -0.384. The van der Waals surface area contributed by atoms with Crippen LogP contribution in [-0.2, 0) is 11.3 Å². The smallest absolute Gasteiger partial charge is 0.343 e. The Morgan fingerprint density at radius 3 is 2.44 bits per heavy atom. The van der Waals surface area contributed by atoms with E-state index in [1.54, 1.807) is 42.5 Å². The molecule has 3 aromatic carbocycles. The molecule has 0 aromatic heterocycles. The first-order chi connectivity index (χ1) is 17.3. The summed E-state index contributed by atoms with van der Waals surface area (Å²) in [5, 5.41) is 10.4. The molecule has 3 aromatic rings. The molecule has 1 saturated heterocycles. The molecule has 0 unspecified atom stereocenters. The Hall–Kier alpha value is -3.96. The fourth-order valence-corrected chi connectivity index (χ4v) is 4.72. The molecule has 0 bridgehead atoms. The number of ether oxygens (including phenoxy) is 2. The van der Waals surface area contributed by atoms with Crippen LogP contribution in [0.25, 0.3) is 6.08 Å². The fourth-order valence-electron chi connectivity index (χ4n) is 3.34. The fraction of sp³-hybridized carbons (Fsp3) is 0.0800. The predicted octanol–water partition coefficient (Wildman–Crippen LogP) is 5.82. The van der Waals surface area contributed by atoms with E-state index < -0.39 is 22.0 Å². The van der Waals surface area contributed by atoms with Gasteiger partial charge in [-0.1, -0.05) is 30.3 Å². The van der Waals surface area contributed by atoms with Crippen molar-refractivity contribution >= 4 is 56.6 Å². The van der Waals surface area contributed by atoms with Crippen molar-refractivity contribution in [2.45, 2.75) is 6.54 Å². The van der Waals surface area contributed by atoms with E-state index in [1.807, 2.05) is 0 Å². The first-order valence-electron chi connectivity index (χ1n) is 10.4. The molecular weight excluding hydrogens is 552 g/mol. The van der Waals surface area contributed by atoms with Gasteiger partial charge in [-0.2, -0.15) is 0 Å². The van der Waals surface area contributed by atoms with E-state index in [0.717, 1.165) is 16.7 Å². The number of rotatable bonds is 7. The van der Waals surface area contributed by atoms with Gasteiger partial charge in [-0.3, -0.25) is 24.6 Å². The van der Waals surface area contributed by atoms with Crippen LogP contribution in [0.4, 0.5) is 10.5 Å². The molecule has 36 heavy (non-hydrogen) atoms. The zero-order valence-corrected chi connectivity index (χ0v) is 21.1. The molecule has 1 heterocycles. The minimum absolute atomic E-state index is 0.0125. The Labute approximate surface area is 218 Å². The first-order valence-corrected chi connectivity index (χ1v) is 12.0. The van der Waals surface area contributed by atoms with Crippen molar-refractivity contribution in [1.29, 1.82) is 0 Å². The Bertz CT molecular complexity index is 1390. The number of nitro benzene ring substituents is 1. The third-order valence-electron chi connectivity index (χ3n) is 5.12. The molecule has 1 aliphatic rings. The maximum atomic E-state index is 12.9. The number of hydrogen-bond donors (Lipinski definition) is 0. The number of nitrogens with zero attached hydrogens (tertiary/aromatic N) is 2. The summed E-state index contributed by atoms with van der Waals surface area (Å²) in [6.45, 7) is -0.0125. The Balaban J connectivity index is 1.54. The van der Waals surface area contributed by atoms with Crippen LogP contribution in [0.2, 0.25) is 0 Å². The summed E-state index contributed by atoms with van der Waals surface area (Å²) in [6, 6.07) is 17.4. The van der Waals surface area contributed by atoms with Crippen molar-refractivity contribution in [2.75, 3.05) is 7.11 Å². The SMILES string of the molecule is COc1cc(/C=C2\SC(=O)N(Cc3ccc([N+](=O)[O-])cc3)C2=O)cc(Br)c1OC(=O)c1ccccc1. The number of non-ortho nitro benzene ring substituents is 1. The van der Waals surface area contributed by atoms with E-state index in [2.05, 4.69) is 15.9 Å². The van der Waals surface area contributed by atoms with Gasteiger partial charge in [0.25, 0.3) is 16.8 Å². The van der Waals surface area contributed by atoms with Gasteiger partial charge in [0.1, 0.15) is 0 Å². The van der Waals surface area contributed by atoms with Crippen LogP contribution in [0.3, 0.4) is 0 Å². The number of amides is 2. The molecule has 182 valence electrons. The number of carbonyl (C=O) groups excluding carboxylic acids is 3. The van der Waals surface area contributed by atoms with Gasteiger partial charge in [0, 0.05) is 12.1 Å². The number of hydrogen-bond acceptors (Lipinski definition) is 8. The minimum atomic E-state index is -0.560. The molecule has 0 N–H and O–H groups in total. The molecule has 0 saturated carbocycles. The van der Waals surface area contributed by atoms with Crippen LogP contribution in [0, 0.1) is 10.1 Å². The van der Waals surface area contributed by atoms with Gasteiger partial charge in [-0.15, -0.1) is 0 Å². The third-order valence-corrected chi connectivity index (χ3v) is 6.61. The lowest BCUT2D eigenvalue weighted by Gasteiger charge is -2.13. The van der Waals surface area contributed by atoms with Crippen molar-refractivity contribution < 1.29 is 28.8 Å². The van der Waals surface area contributed by atoms with Gasteiger partial charge in [-0.25, -0.2) is 4.79 Å². The lowest BCUT2D eigenvalue weighted by Crippen LogP contribution is -2.27. The van der Waals surface area contributed by atoms with Crippen LogP contribution in [0.5, 0.6) is 11.5 Å². The molecule has 0 spiro atoms. The maximum absolute atomic E-state index is 12.9. The monoisotopic (exact) mass is 568 g/mol. The zero-order chi connectivity index (χ0) is 25.8. The minimum Gasteiger partial charge on any atom is -0.493 e. The number of nitro groups is 1. The molecule has 0 radical (unpaired) electrons.